The number of fused-ring (bicyclic) bond motifs is 1. The van der Waals surface area contributed by atoms with Gasteiger partial charge >= 0.3 is 0 Å². The lowest BCUT2D eigenvalue weighted by Gasteiger charge is -1.94. The molecule has 0 fully saturated rings. The van der Waals surface area contributed by atoms with Crippen molar-refractivity contribution < 1.29 is 4.79 Å². The van der Waals surface area contributed by atoms with Crippen molar-refractivity contribution in [1.82, 2.24) is 19.6 Å². The third-order valence-corrected chi connectivity index (χ3v) is 2.46. The molecule has 0 aliphatic rings. The molecule has 0 saturated heterocycles. The second-order valence-corrected chi connectivity index (χ2v) is 3.48. The van der Waals surface area contributed by atoms with Crippen LogP contribution in [0.2, 0.25) is 0 Å². The zero-order valence-corrected chi connectivity index (χ0v) is 8.82. The first-order valence-electron chi connectivity index (χ1n) is 5.10. The Labute approximate surface area is 96.8 Å². The van der Waals surface area contributed by atoms with Crippen LogP contribution in [0.25, 0.3) is 17.0 Å². The van der Waals surface area contributed by atoms with Crippen molar-refractivity contribution in [3.05, 3.63) is 48.4 Å². The molecule has 82 valence electrons. The predicted octanol–water partition coefficient (Wildman–Crippen LogP) is 1.60. The maximum absolute atomic E-state index is 11.2. The Kier molecular flexibility index (Phi) is 2.15. The second kappa shape index (κ2) is 3.79. The van der Waals surface area contributed by atoms with Crippen LogP contribution >= 0.6 is 0 Å². The molecule has 0 atom stereocenters. The highest BCUT2D eigenvalue weighted by molar-refractivity contribution is 5.92. The zero-order chi connectivity index (χ0) is 11.7. The first-order valence-corrected chi connectivity index (χ1v) is 5.10. The van der Waals surface area contributed by atoms with Crippen LogP contribution in [0.1, 0.15) is 10.4 Å². The molecular formula is C12H8N4O. The minimum Gasteiger partial charge on any atom is -0.298 e. The van der Waals surface area contributed by atoms with Gasteiger partial charge in [-0.3, -0.25) is 9.78 Å². The summed E-state index contributed by atoms with van der Waals surface area (Å²) in [7, 11) is 0. The fourth-order valence-electron chi connectivity index (χ4n) is 1.71. The topological polar surface area (TPSA) is 60.2 Å². The van der Waals surface area contributed by atoms with E-state index in [-0.39, 0.29) is 0 Å². The van der Waals surface area contributed by atoms with Crippen LogP contribution in [0.5, 0.6) is 0 Å². The van der Waals surface area contributed by atoms with E-state index in [4.69, 9.17) is 0 Å². The van der Waals surface area contributed by atoms with E-state index in [0.717, 1.165) is 6.29 Å². The van der Waals surface area contributed by atoms with Crippen LogP contribution < -0.4 is 0 Å². The third kappa shape index (κ3) is 1.48. The number of nitrogens with zero attached hydrogens (tertiary/aromatic N) is 4. The first-order chi connectivity index (χ1) is 8.40. The molecular weight excluding hydrogens is 216 g/mol. The lowest BCUT2D eigenvalue weighted by atomic mass is 10.2. The summed E-state index contributed by atoms with van der Waals surface area (Å²) in [5, 5.41) is 4.31. The number of rotatable bonds is 2. The van der Waals surface area contributed by atoms with E-state index in [2.05, 4.69) is 15.1 Å². The molecule has 0 aromatic carbocycles. The van der Waals surface area contributed by atoms with Crippen molar-refractivity contribution in [3.63, 3.8) is 0 Å². The molecule has 0 aliphatic heterocycles. The molecule has 3 aromatic heterocycles. The number of carbonyl (C=O) groups excluding carboxylic acids is 1. The van der Waals surface area contributed by atoms with Gasteiger partial charge in [0.1, 0.15) is 5.69 Å². The Bertz CT molecular complexity index is 675. The van der Waals surface area contributed by atoms with Crippen LogP contribution in [0, 0.1) is 0 Å². The SMILES string of the molecule is O=Cc1c(-c2ccccn2)nn2cccnc12. The average molecular weight is 224 g/mol. The highest BCUT2D eigenvalue weighted by atomic mass is 16.1. The molecule has 0 aliphatic carbocycles. The van der Waals surface area contributed by atoms with E-state index in [1.54, 1.807) is 29.2 Å². The van der Waals surface area contributed by atoms with Crippen LogP contribution in [0.3, 0.4) is 0 Å². The van der Waals surface area contributed by atoms with Gasteiger partial charge in [-0.15, -0.1) is 0 Å². The summed E-state index contributed by atoms with van der Waals surface area (Å²) in [6.07, 6.45) is 5.81. The van der Waals surface area contributed by atoms with E-state index >= 15 is 0 Å². The Morgan fingerprint density at radius 1 is 1.12 bits per heavy atom. The largest absolute Gasteiger partial charge is 0.298 e. The highest BCUT2D eigenvalue weighted by Crippen LogP contribution is 2.21. The minimum atomic E-state index is 0.462. The molecule has 3 heterocycles. The Morgan fingerprint density at radius 2 is 2.00 bits per heavy atom. The lowest BCUT2D eigenvalue weighted by Crippen LogP contribution is -1.88. The van der Waals surface area contributed by atoms with Crippen LogP contribution in [0.15, 0.2) is 42.9 Å². The molecule has 5 nitrogen and oxygen atoms in total. The van der Waals surface area contributed by atoms with Gasteiger partial charge in [0.2, 0.25) is 0 Å². The second-order valence-electron chi connectivity index (χ2n) is 3.48. The van der Waals surface area contributed by atoms with Crippen molar-refractivity contribution in [2.75, 3.05) is 0 Å². The summed E-state index contributed by atoms with van der Waals surface area (Å²) in [5.74, 6) is 0. The van der Waals surface area contributed by atoms with Crippen LogP contribution in [0.4, 0.5) is 0 Å². The van der Waals surface area contributed by atoms with E-state index < -0.39 is 0 Å². The maximum Gasteiger partial charge on any atom is 0.166 e. The number of carbonyl (C=O) groups is 1. The molecule has 0 amide bonds. The predicted molar refractivity (Wildman–Crippen MR) is 61.6 cm³/mol. The summed E-state index contributed by atoms with van der Waals surface area (Å²) in [6.45, 7) is 0. The standard InChI is InChI=1S/C12H8N4O/c17-8-9-11(10-4-1-2-5-13-10)15-16-7-3-6-14-12(9)16/h1-8H. The number of aromatic nitrogens is 4. The Morgan fingerprint density at radius 3 is 2.76 bits per heavy atom. The van der Waals surface area contributed by atoms with Crippen LogP contribution in [-0.2, 0) is 0 Å². The van der Waals surface area contributed by atoms with Crippen molar-refractivity contribution >= 4 is 11.9 Å². The molecule has 0 spiro atoms. The molecule has 3 aromatic rings. The molecule has 0 bridgehead atoms. The van der Waals surface area contributed by atoms with Crippen LogP contribution in [-0.4, -0.2) is 25.9 Å². The van der Waals surface area contributed by atoms with Gasteiger partial charge in [0.15, 0.2) is 11.9 Å². The van der Waals surface area contributed by atoms with E-state index in [1.165, 1.54) is 0 Å². The number of hydrogen-bond donors (Lipinski definition) is 0. The Hall–Kier alpha value is -2.56. The summed E-state index contributed by atoms with van der Waals surface area (Å²) < 4.78 is 1.58. The van der Waals surface area contributed by atoms with Gasteiger partial charge in [0.05, 0.1) is 11.3 Å². The Balaban J connectivity index is 2.33. The number of pyridine rings is 1. The van der Waals surface area contributed by atoms with Gasteiger partial charge in [-0.2, -0.15) is 5.10 Å². The van der Waals surface area contributed by atoms with Crippen molar-refractivity contribution in [2.24, 2.45) is 0 Å². The van der Waals surface area contributed by atoms with Gasteiger partial charge in [-0.05, 0) is 18.2 Å². The monoisotopic (exact) mass is 224 g/mol. The van der Waals surface area contributed by atoms with E-state index in [0.29, 0.717) is 22.6 Å². The summed E-state index contributed by atoms with van der Waals surface area (Å²) in [4.78, 5) is 19.5. The smallest absolute Gasteiger partial charge is 0.166 e. The number of hydrogen-bond acceptors (Lipinski definition) is 4. The normalized spacial score (nSPS) is 10.6. The van der Waals surface area contributed by atoms with E-state index in [1.807, 2.05) is 18.2 Å². The molecule has 0 saturated carbocycles. The summed E-state index contributed by atoms with van der Waals surface area (Å²) >= 11 is 0. The highest BCUT2D eigenvalue weighted by Gasteiger charge is 2.14. The van der Waals surface area contributed by atoms with Gasteiger partial charge in [0, 0.05) is 18.6 Å². The van der Waals surface area contributed by atoms with Gasteiger partial charge in [-0.25, -0.2) is 9.50 Å². The molecule has 0 unspecified atom stereocenters. The molecule has 0 radical (unpaired) electrons. The summed E-state index contributed by atoms with van der Waals surface area (Å²) in [5.41, 5.74) is 2.23. The minimum absolute atomic E-state index is 0.462. The quantitative estimate of drug-likeness (QED) is 0.620. The molecule has 17 heavy (non-hydrogen) atoms. The maximum atomic E-state index is 11.2. The number of aldehydes is 1. The van der Waals surface area contributed by atoms with Crippen molar-refractivity contribution in [3.8, 4) is 11.4 Å². The molecule has 5 heteroatoms. The van der Waals surface area contributed by atoms with E-state index in [9.17, 15) is 4.79 Å². The molecule has 0 N–H and O–H groups in total. The van der Waals surface area contributed by atoms with Crippen molar-refractivity contribution in [2.45, 2.75) is 0 Å². The fraction of sp³-hybridized carbons (Fsp3) is 0. The lowest BCUT2D eigenvalue weighted by molar-refractivity contribution is 0.112. The van der Waals surface area contributed by atoms with Crippen molar-refractivity contribution in [1.29, 1.82) is 0 Å². The first kappa shape index (κ1) is 9.65. The fourth-order valence-corrected chi connectivity index (χ4v) is 1.71. The van der Waals surface area contributed by atoms with Gasteiger partial charge in [-0.1, -0.05) is 6.07 Å². The van der Waals surface area contributed by atoms with Gasteiger partial charge < -0.3 is 0 Å². The molecule has 3 rings (SSSR count). The average Bonchev–Trinajstić information content (AvgIpc) is 2.78. The zero-order valence-electron chi connectivity index (χ0n) is 8.82. The third-order valence-electron chi connectivity index (χ3n) is 2.46. The summed E-state index contributed by atoms with van der Waals surface area (Å²) in [6, 6.07) is 7.25. The van der Waals surface area contributed by atoms with Gasteiger partial charge in [0.25, 0.3) is 0 Å².